The minimum atomic E-state index is -0.0864. The van der Waals surface area contributed by atoms with Crippen LogP contribution in [0.2, 0.25) is 0 Å². The summed E-state index contributed by atoms with van der Waals surface area (Å²) >= 11 is 3.38. The Labute approximate surface area is 132 Å². The lowest BCUT2D eigenvalue weighted by Crippen LogP contribution is -2.31. The lowest BCUT2D eigenvalue weighted by Gasteiger charge is -2.14. The molecule has 0 aromatic heterocycles. The van der Waals surface area contributed by atoms with E-state index < -0.39 is 0 Å². The Bertz CT molecular complexity index is 657. The molecule has 0 unspecified atom stereocenters. The predicted molar refractivity (Wildman–Crippen MR) is 85.3 cm³/mol. The second-order valence-corrected chi connectivity index (χ2v) is 6.02. The maximum Gasteiger partial charge on any atom is 0.258 e. The van der Waals surface area contributed by atoms with E-state index in [0.717, 1.165) is 17.3 Å². The van der Waals surface area contributed by atoms with Crippen LogP contribution in [0.4, 0.5) is 0 Å². The molecule has 2 aromatic carbocycles. The number of aryl methyl sites for hydroxylation is 1. The van der Waals surface area contributed by atoms with Gasteiger partial charge in [0, 0.05) is 4.47 Å². The molecule has 0 radical (unpaired) electrons. The summed E-state index contributed by atoms with van der Waals surface area (Å²) in [5, 5.41) is 3.04. The summed E-state index contributed by atoms with van der Waals surface area (Å²) < 4.78 is 6.44. The van der Waals surface area contributed by atoms with E-state index in [2.05, 4.69) is 33.4 Å². The molecule has 0 heterocycles. The number of carbonyl (C=O) groups excluding carboxylic acids is 1. The van der Waals surface area contributed by atoms with E-state index in [0.29, 0.717) is 5.75 Å². The van der Waals surface area contributed by atoms with E-state index in [1.54, 1.807) is 0 Å². The quantitative estimate of drug-likeness (QED) is 0.918. The largest absolute Gasteiger partial charge is 0.484 e. The van der Waals surface area contributed by atoms with Crippen molar-refractivity contribution in [3.63, 3.8) is 0 Å². The molecule has 2 aromatic rings. The zero-order valence-electron chi connectivity index (χ0n) is 11.5. The molecule has 1 N–H and O–H groups in total. The Kier molecular flexibility index (Phi) is 4.25. The highest BCUT2D eigenvalue weighted by Crippen LogP contribution is 2.30. The number of ether oxygens (including phenoxy) is 1. The van der Waals surface area contributed by atoms with Crippen molar-refractivity contribution in [3.05, 3.63) is 64.1 Å². The van der Waals surface area contributed by atoms with Gasteiger partial charge in [0.15, 0.2) is 6.61 Å². The van der Waals surface area contributed by atoms with Crippen molar-refractivity contribution in [1.29, 1.82) is 0 Å². The maximum absolute atomic E-state index is 12.0. The molecule has 0 spiro atoms. The van der Waals surface area contributed by atoms with Crippen molar-refractivity contribution in [2.24, 2.45) is 0 Å². The van der Waals surface area contributed by atoms with Gasteiger partial charge in [-0.05, 0) is 42.2 Å². The number of benzene rings is 2. The average molecular weight is 346 g/mol. The molecule has 0 bridgehead atoms. The Hall–Kier alpha value is -1.81. The lowest BCUT2D eigenvalue weighted by atomic mass is 10.1. The van der Waals surface area contributed by atoms with Gasteiger partial charge < -0.3 is 10.1 Å². The van der Waals surface area contributed by atoms with Crippen molar-refractivity contribution >= 4 is 21.8 Å². The number of hydrogen-bond acceptors (Lipinski definition) is 2. The molecule has 4 heteroatoms. The molecule has 1 atom stereocenters. The molecule has 3 nitrogen and oxygen atoms in total. The molecule has 108 valence electrons. The maximum atomic E-state index is 12.0. The van der Waals surface area contributed by atoms with E-state index in [1.807, 2.05) is 36.4 Å². The van der Waals surface area contributed by atoms with E-state index in [1.165, 1.54) is 11.1 Å². The molecule has 1 aliphatic rings. The fourth-order valence-corrected chi connectivity index (χ4v) is 3.03. The molecule has 0 saturated carbocycles. The second-order valence-electron chi connectivity index (χ2n) is 5.10. The predicted octanol–water partition coefficient (Wildman–Crippen LogP) is 3.63. The average Bonchev–Trinajstić information content (AvgIpc) is 2.89. The summed E-state index contributed by atoms with van der Waals surface area (Å²) in [6, 6.07) is 15.9. The standard InChI is InChI=1S/C17H16BrNO2/c18-13-5-3-6-14(10-13)21-11-17(20)19-16-9-8-12-4-1-2-7-15(12)16/h1-7,10,16H,8-9,11H2,(H,19,20)/t16-/m1/s1. The number of amides is 1. The SMILES string of the molecule is O=C(COc1cccc(Br)c1)N[C@@H]1CCc2ccccc21. The van der Waals surface area contributed by atoms with Gasteiger partial charge in [-0.1, -0.05) is 46.3 Å². The first-order valence-electron chi connectivity index (χ1n) is 6.98. The monoisotopic (exact) mass is 345 g/mol. The molecule has 1 amide bonds. The summed E-state index contributed by atoms with van der Waals surface area (Å²) in [6.07, 6.45) is 1.98. The smallest absolute Gasteiger partial charge is 0.258 e. The number of fused-ring (bicyclic) bond motifs is 1. The minimum Gasteiger partial charge on any atom is -0.484 e. The number of rotatable bonds is 4. The van der Waals surface area contributed by atoms with Crippen LogP contribution in [0.3, 0.4) is 0 Å². The fourth-order valence-electron chi connectivity index (χ4n) is 2.65. The van der Waals surface area contributed by atoms with Crippen LogP contribution >= 0.6 is 15.9 Å². The van der Waals surface area contributed by atoms with Crippen molar-refractivity contribution in [2.45, 2.75) is 18.9 Å². The molecular formula is C17H16BrNO2. The van der Waals surface area contributed by atoms with Crippen molar-refractivity contribution in [3.8, 4) is 5.75 Å². The van der Waals surface area contributed by atoms with Crippen LogP contribution in [0.15, 0.2) is 53.0 Å². The van der Waals surface area contributed by atoms with Gasteiger partial charge >= 0.3 is 0 Å². The minimum absolute atomic E-state index is 0.0368. The van der Waals surface area contributed by atoms with Gasteiger partial charge in [0.1, 0.15) is 5.75 Å². The Morgan fingerprint density at radius 3 is 2.95 bits per heavy atom. The lowest BCUT2D eigenvalue weighted by molar-refractivity contribution is -0.123. The van der Waals surface area contributed by atoms with Crippen LogP contribution in [0.1, 0.15) is 23.6 Å². The van der Waals surface area contributed by atoms with Gasteiger partial charge in [-0.15, -0.1) is 0 Å². The van der Waals surface area contributed by atoms with Crippen LogP contribution in [-0.4, -0.2) is 12.5 Å². The second kappa shape index (κ2) is 6.31. The third-order valence-electron chi connectivity index (χ3n) is 3.63. The van der Waals surface area contributed by atoms with Gasteiger partial charge in [0.2, 0.25) is 0 Å². The highest BCUT2D eigenvalue weighted by Gasteiger charge is 2.23. The zero-order chi connectivity index (χ0) is 14.7. The van der Waals surface area contributed by atoms with Crippen LogP contribution in [0.5, 0.6) is 5.75 Å². The Morgan fingerprint density at radius 1 is 1.24 bits per heavy atom. The highest BCUT2D eigenvalue weighted by molar-refractivity contribution is 9.10. The molecule has 0 fully saturated rings. The molecule has 0 aliphatic heterocycles. The molecule has 3 rings (SSSR count). The molecular weight excluding hydrogens is 330 g/mol. The first kappa shape index (κ1) is 14.1. The Morgan fingerprint density at radius 2 is 2.10 bits per heavy atom. The third kappa shape index (κ3) is 3.45. The molecule has 1 aliphatic carbocycles. The molecule has 21 heavy (non-hydrogen) atoms. The van der Waals surface area contributed by atoms with Gasteiger partial charge in [-0.3, -0.25) is 4.79 Å². The summed E-state index contributed by atoms with van der Waals surface area (Å²) in [4.78, 5) is 12.0. The van der Waals surface area contributed by atoms with Crippen LogP contribution < -0.4 is 10.1 Å². The molecule has 0 saturated heterocycles. The zero-order valence-corrected chi connectivity index (χ0v) is 13.1. The third-order valence-corrected chi connectivity index (χ3v) is 4.13. The first-order valence-corrected chi connectivity index (χ1v) is 7.77. The van der Waals surface area contributed by atoms with E-state index in [9.17, 15) is 4.79 Å². The van der Waals surface area contributed by atoms with Crippen molar-refractivity contribution in [1.82, 2.24) is 5.32 Å². The summed E-state index contributed by atoms with van der Waals surface area (Å²) in [5.74, 6) is 0.600. The number of halogens is 1. The topological polar surface area (TPSA) is 38.3 Å². The highest BCUT2D eigenvalue weighted by atomic mass is 79.9. The summed E-state index contributed by atoms with van der Waals surface area (Å²) in [7, 11) is 0. The first-order chi connectivity index (χ1) is 10.2. The van der Waals surface area contributed by atoms with E-state index >= 15 is 0 Å². The Balaban J connectivity index is 1.56. The number of nitrogens with one attached hydrogen (secondary N) is 1. The number of hydrogen-bond donors (Lipinski definition) is 1. The van der Waals surface area contributed by atoms with Crippen molar-refractivity contribution in [2.75, 3.05) is 6.61 Å². The fraction of sp³-hybridized carbons (Fsp3) is 0.235. The van der Waals surface area contributed by atoms with Gasteiger partial charge in [0.05, 0.1) is 6.04 Å². The number of carbonyl (C=O) groups is 1. The van der Waals surface area contributed by atoms with Crippen LogP contribution in [0.25, 0.3) is 0 Å². The van der Waals surface area contributed by atoms with E-state index in [4.69, 9.17) is 4.74 Å². The van der Waals surface area contributed by atoms with Gasteiger partial charge in [-0.25, -0.2) is 0 Å². The van der Waals surface area contributed by atoms with Crippen LogP contribution in [0, 0.1) is 0 Å². The summed E-state index contributed by atoms with van der Waals surface area (Å²) in [5.41, 5.74) is 2.56. The van der Waals surface area contributed by atoms with Crippen molar-refractivity contribution < 1.29 is 9.53 Å². The van der Waals surface area contributed by atoms with Gasteiger partial charge in [-0.2, -0.15) is 0 Å². The normalized spacial score (nSPS) is 16.3. The van der Waals surface area contributed by atoms with Gasteiger partial charge in [0.25, 0.3) is 5.91 Å². The van der Waals surface area contributed by atoms with Crippen LogP contribution in [-0.2, 0) is 11.2 Å². The van der Waals surface area contributed by atoms with E-state index in [-0.39, 0.29) is 18.6 Å². The summed E-state index contributed by atoms with van der Waals surface area (Å²) in [6.45, 7) is 0.0368.